The topological polar surface area (TPSA) is 107 Å². The molecule has 0 aliphatic carbocycles. The quantitative estimate of drug-likeness (QED) is 0.606. The summed E-state index contributed by atoms with van der Waals surface area (Å²) in [5.41, 5.74) is 7.03. The van der Waals surface area contributed by atoms with E-state index in [2.05, 4.69) is 4.98 Å². The van der Waals surface area contributed by atoms with E-state index < -0.39 is 15.7 Å². The van der Waals surface area contributed by atoms with Gasteiger partial charge in [0, 0.05) is 24.6 Å². The first-order valence-corrected chi connectivity index (χ1v) is 11.4. The van der Waals surface area contributed by atoms with Crippen LogP contribution in [0.2, 0.25) is 0 Å². The Morgan fingerprint density at radius 1 is 1.16 bits per heavy atom. The zero-order valence-electron chi connectivity index (χ0n) is 16.9. The van der Waals surface area contributed by atoms with E-state index in [0.717, 1.165) is 17.7 Å². The van der Waals surface area contributed by atoms with Crippen molar-refractivity contribution in [3.63, 3.8) is 0 Å². The van der Waals surface area contributed by atoms with E-state index in [0.29, 0.717) is 31.5 Å². The zero-order valence-corrected chi connectivity index (χ0v) is 17.7. The van der Waals surface area contributed by atoms with Crippen molar-refractivity contribution in [3.05, 3.63) is 59.9 Å². The Kier molecular flexibility index (Phi) is 5.53. The molecule has 2 N–H and O–H groups in total. The molecule has 1 fully saturated rings. The van der Waals surface area contributed by atoms with E-state index >= 15 is 0 Å². The summed E-state index contributed by atoms with van der Waals surface area (Å²) in [5.74, 6) is -0.863. The second-order valence-electron chi connectivity index (χ2n) is 7.62. The molecule has 2 heterocycles. The Morgan fingerprint density at radius 3 is 2.45 bits per heavy atom. The maximum absolute atomic E-state index is 13.3. The number of nitrogens with two attached hydrogens (primary N) is 1. The second-order valence-corrected chi connectivity index (χ2v) is 9.48. The van der Waals surface area contributed by atoms with Gasteiger partial charge in [0.15, 0.2) is 0 Å². The molecule has 0 atom stereocenters. The number of hydrogen-bond acceptors (Lipinski definition) is 6. The van der Waals surface area contributed by atoms with Crippen LogP contribution in [-0.2, 0) is 14.6 Å². The molecule has 0 saturated carbocycles. The molecule has 1 aliphatic rings. The van der Waals surface area contributed by atoms with E-state index in [1.165, 1.54) is 12.1 Å². The number of carbonyl (C=O) groups excluding carboxylic acids is 1. The number of aryl methyl sites for hydroxylation is 1. The molecule has 3 aromatic rings. The molecule has 162 valence electrons. The van der Waals surface area contributed by atoms with Crippen LogP contribution < -0.4 is 10.6 Å². The minimum absolute atomic E-state index is 0.0775. The average Bonchev–Trinajstić information content (AvgIpc) is 3.21. The van der Waals surface area contributed by atoms with E-state index in [4.69, 9.17) is 10.2 Å². The lowest BCUT2D eigenvalue weighted by molar-refractivity contribution is -0.122. The normalized spacial score (nSPS) is 15.2. The number of carbonyl (C=O) groups is 1. The van der Waals surface area contributed by atoms with E-state index in [9.17, 15) is 17.6 Å². The minimum atomic E-state index is -4.07. The summed E-state index contributed by atoms with van der Waals surface area (Å²) in [7, 11) is -4.07. The molecule has 1 saturated heterocycles. The average molecular weight is 444 g/mol. The number of piperidine rings is 1. The first kappa shape index (κ1) is 21.0. The summed E-state index contributed by atoms with van der Waals surface area (Å²) < 4.78 is 46.0. The number of amides is 1. The molecule has 0 radical (unpaired) electrons. The number of rotatable bonds is 5. The fraction of sp³-hybridized carbons (Fsp3) is 0.273. The highest BCUT2D eigenvalue weighted by molar-refractivity contribution is 7.91. The van der Waals surface area contributed by atoms with Crippen molar-refractivity contribution in [2.24, 2.45) is 11.7 Å². The molecule has 9 heteroatoms. The van der Waals surface area contributed by atoms with Gasteiger partial charge in [0.05, 0.1) is 4.90 Å². The largest absolute Gasteiger partial charge is 0.419 e. The molecular formula is C22H22FN3O4S. The lowest BCUT2D eigenvalue weighted by Crippen LogP contribution is -2.38. The molecule has 0 bridgehead atoms. The maximum Gasteiger partial charge on any atom is 0.236 e. The summed E-state index contributed by atoms with van der Waals surface area (Å²) in [6, 6.07) is 12.0. The Bertz CT molecular complexity index is 1210. The van der Waals surface area contributed by atoms with Crippen molar-refractivity contribution in [2.45, 2.75) is 29.7 Å². The van der Waals surface area contributed by atoms with Gasteiger partial charge in [0.2, 0.25) is 32.5 Å². The van der Waals surface area contributed by atoms with Crippen LogP contribution in [0.15, 0.2) is 62.9 Å². The number of benzene rings is 2. The van der Waals surface area contributed by atoms with Crippen LogP contribution >= 0.6 is 0 Å². The monoisotopic (exact) mass is 443 g/mol. The smallest absolute Gasteiger partial charge is 0.236 e. The lowest BCUT2D eigenvalue weighted by atomic mass is 9.96. The fourth-order valence-electron chi connectivity index (χ4n) is 3.67. The molecular weight excluding hydrogens is 421 g/mol. The molecule has 1 aliphatic heterocycles. The number of primary amides is 1. The van der Waals surface area contributed by atoms with Crippen LogP contribution in [0.1, 0.15) is 18.4 Å². The highest BCUT2D eigenvalue weighted by Crippen LogP contribution is 2.36. The van der Waals surface area contributed by atoms with Gasteiger partial charge < -0.3 is 15.1 Å². The second kappa shape index (κ2) is 8.14. The zero-order chi connectivity index (χ0) is 22.2. The van der Waals surface area contributed by atoms with Gasteiger partial charge >= 0.3 is 0 Å². The van der Waals surface area contributed by atoms with Crippen LogP contribution in [0.25, 0.3) is 11.5 Å². The third-order valence-corrected chi connectivity index (χ3v) is 7.08. The summed E-state index contributed by atoms with van der Waals surface area (Å²) in [5, 5.41) is -0.229. The summed E-state index contributed by atoms with van der Waals surface area (Å²) in [6.07, 6.45) is 0.984. The highest BCUT2D eigenvalue weighted by atomic mass is 32.2. The van der Waals surface area contributed by atoms with E-state index in [1.54, 1.807) is 11.0 Å². The van der Waals surface area contributed by atoms with Gasteiger partial charge in [-0.05, 0) is 56.2 Å². The minimum Gasteiger partial charge on any atom is -0.419 e. The molecule has 0 spiro atoms. The number of aromatic nitrogens is 1. The summed E-state index contributed by atoms with van der Waals surface area (Å²) >= 11 is 0. The number of hydrogen-bond donors (Lipinski definition) is 1. The van der Waals surface area contributed by atoms with Gasteiger partial charge in [-0.2, -0.15) is 4.98 Å². The predicted octanol–water partition coefficient (Wildman–Crippen LogP) is 3.32. The van der Waals surface area contributed by atoms with Gasteiger partial charge in [-0.15, -0.1) is 0 Å². The van der Waals surface area contributed by atoms with Gasteiger partial charge in [-0.1, -0.05) is 17.7 Å². The van der Waals surface area contributed by atoms with Crippen LogP contribution in [0.3, 0.4) is 0 Å². The summed E-state index contributed by atoms with van der Waals surface area (Å²) in [6.45, 7) is 2.72. The van der Waals surface area contributed by atoms with Crippen LogP contribution in [0, 0.1) is 18.7 Å². The Morgan fingerprint density at radius 2 is 1.84 bits per heavy atom. The molecule has 31 heavy (non-hydrogen) atoms. The van der Waals surface area contributed by atoms with Crippen LogP contribution in [-0.4, -0.2) is 32.4 Å². The van der Waals surface area contributed by atoms with Crippen molar-refractivity contribution in [1.82, 2.24) is 4.98 Å². The van der Waals surface area contributed by atoms with Crippen LogP contribution in [0.5, 0.6) is 0 Å². The van der Waals surface area contributed by atoms with Gasteiger partial charge in [0.1, 0.15) is 5.82 Å². The standard InChI is InChI=1S/C22H22FN3O4S/c1-14-3-2-4-16(13-14)20-25-21(31(28,29)18-7-5-17(23)6-8-18)22(30-20)26-11-9-15(10-12-26)19(24)27/h2-8,13,15H,9-12H2,1H3,(H2,24,27). The third kappa shape index (κ3) is 4.18. The van der Waals surface area contributed by atoms with E-state index in [-0.39, 0.29) is 33.5 Å². The lowest BCUT2D eigenvalue weighted by Gasteiger charge is -2.30. The predicted molar refractivity (Wildman–Crippen MR) is 113 cm³/mol. The SMILES string of the molecule is Cc1cccc(-c2nc(S(=O)(=O)c3ccc(F)cc3)c(N3CCC(C(N)=O)CC3)o2)c1. The van der Waals surface area contributed by atoms with Crippen molar-refractivity contribution in [1.29, 1.82) is 0 Å². The summed E-state index contributed by atoms with van der Waals surface area (Å²) in [4.78, 5) is 17.5. The molecule has 7 nitrogen and oxygen atoms in total. The Balaban J connectivity index is 1.79. The third-order valence-electron chi connectivity index (χ3n) is 5.41. The van der Waals surface area contributed by atoms with Crippen molar-refractivity contribution in [2.75, 3.05) is 18.0 Å². The number of halogens is 1. The number of nitrogens with zero attached hydrogens (tertiary/aromatic N) is 2. The first-order valence-electron chi connectivity index (χ1n) is 9.88. The maximum atomic E-state index is 13.3. The highest BCUT2D eigenvalue weighted by Gasteiger charge is 2.34. The van der Waals surface area contributed by atoms with Gasteiger partial charge in [0.25, 0.3) is 0 Å². The molecule has 1 aromatic heterocycles. The molecule has 2 aromatic carbocycles. The van der Waals surface area contributed by atoms with Crippen molar-refractivity contribution in [3.8, 4) is 11.5 Å². The van der Waals surface area contributed by atoms with E-state index in [1.807, 2.05) is 25.1 Å². The van der Waals surface area contributed by atoms with Gasteiger partial charge in [-0.25, -0.2) is 12.8 Å². The first-order chi connectivity index (χ1) is 14.8. The fourth-order valence-corrected chi connectivity index (χ4v) is 4.99. The Hall–Kier alpha value is -3.20. The molecule has 0 unspecified atom stereocenters. The number of sulfone groups is 1. The number of oxazole rings is 1. The molecule has 4 rings (SSSR count). The molecule has 1 amide bonds. The Labute approximate surface area is 179 Å². The van der Waals surface area contributed by atoms with Crippen LogP contribution in [0.4, 0.5) is 10.3 Å². The van der Waals surface area contributed by atoms with Crippen molar-refractivity contribution >= 4 is 21.6 Å². The van der Waals surface area contributed by atoms with Crippen molar-refractivity contribution < 1.29 is 22.0 Å². The van der Waals surface area contributed by atoms with Gasteiger partial charge in [-0.3, -0.25) is 4.79 Å². The number of anilines is 1.